The number of aromatic nitrogens is 3. The van der Waals surface area contributed by atoms with E-state index in [0.29, 0.717) is 11.7 Å². The van der Waals surface area contributed by atoms with E-state index in [1.807, 2.05) is 41.2 Å². The lowest BCUT2D eigenvalue weighted by Gasteiger charge is -2.06. The molecule has 0 bridgehead atoms. The van der Waals surface area contributed by atoms with Crippen LogP contribution in [0.4, 0.5) is 5.69 Å². The van der Waals surface area contributed by atoms with E-state index in [2.05, 4.69) is 15.6 Å². The van der Waals surface area contributed by atoms with Crippen LogP contribution in [0.25, 0.3) is 6.08 Å². The monoisotopic (exact) mass is 282 g/mol. The van der Waals surface area contributed by atoms with Crippen LogP contribution >= 0.6 is 0 Å². The van der Waals surface area contributed by atoms with Crippen LogP contribution in [0.3, 0.4) is 0 Å². The largest absolute Gasteiger partial charge is 0.323 e. The van der Waals surface area contributed by atoms with Crippen LogP contribution in [-0.2, 0) is 4.79 Å². The van der Waals surface area contributed by atoms with Gasteiger partial charge in [0.15, 0.2) is 0 Å². The third kappa shape index (κ3) is 3.56. The minimum absolute atomic E-state index is 0.170. The topological polar surface area (TPSA) is 59.8 Å². The Morgan fingerprint density at radius 2 is 2.00 bits per heavy atom. The van der Waals surface area contributed by atoms with Crippen molar-refractivity contribution in [1.29, 1.82) is 0 Å². The van der Waals surface area contributed by atoms with Crippen LogP contribution in [0.5, 0.6) is 0 Å². The Morgan fingerprint density at radius 1 is 1.24 bits per heavy atom. The van der Waals surface area contributed by atoms with Gasteiger partial charge in [0, 0.05) is 11.8 Å². The first kappa shape index (κ1) is 13.5. The molecule has 21 heavy (non-hydrogen) atoms. The third-order valence-electron chi connectivity index (χ3n) is 3.67. The lowest BCUT2D eigenvalue weighted by molar-refractivity contribution is -0.111. The number of carbonyl (C=O) groups excluding carboxylic acids is 1. The summed E-state index contributed by atoms with van der Waals surface area (Å²) < 4.78 is 1.92. The number of hydrogen-bond acceptors (Lipinski definition) is 3. The maximum absolute atomic E-state index is 11.8. The molecule has 3 rings (SSSR count). The molecule has 2 aromatic rings. The van der Waals surface area contributed by atoms with Crippen molar-refractivity contribution >= 4 is 17.7 Å². The molecule has 0 spiro atoms. The Kier molecular flexibility index (Phi) is 4.09. The first-order valence-electron chi connectivity index (χ1n) is 7.27. The summed E-state index contributed by atoms with van der Waals surface area (Å²) in [5, 5.41) is 11.0. The number of nitrogens with zero attached hydrogens (tertiary/aromatic N) is 3. The smallest absolute Gasteiger partial charge is 0.248 e. The molecule has 1 heterocycles. The third-order valence-corrected chi connectivity index (χ3v) is 3.67. The Bertz CT molecular complexity index is 627. The lowest BCUT2D eigenvalue weighted by Crippen LogP contribution is -2.07. The van der Waals surface area contributed by atoms with E-state index >= 15 is 0 Å². The minimum Gasteiger partial charge on any atom is -0.323 e. The fraction of sp³-hybridized carbons (Fsp3) is 0.312. The quantitative estimate of drug-likeness (QED) is 0.877. The summed E-state index contributed by atoms with van der Waals surface area (Å²) in [7, 11) is 0. The normalized spacial score (nSPS) is 15.6. The zero-order valence-corrected chi connectivity index (χ0v) is 11.8. The summed E-state index contributed by atoms with van der Waals surface area (Å²) >= 11 is 0. The zero-order chi connectivity index (χ0) is 14.5. The van der Waals surface area contributed by atoms with Crippen molar-refractivity contribution in [2.75, 3.05) is 5.32 Å². The Hall–Kier alpha value is -2.43. The van der Waals surface area contributed by atoms with Crippen molar-refractivity contribution in [3.63, 3.8) is 0 Å². The van der Waals surface area contributed by atoms with Crippen LogP contribution in [0.15, 0.2) is 42.6 Å². The Labute approximate surface area is 123 Å². The molecule has 1 fully saturated rings. The predicted octanol–water partition coefficient (Wildman–Crippen LogP) is 3.05. The SMILES string of the molecule is O=C(/C=C\c1cn(C2CCCC2)nn1)Nc1ccccc1. The number of benzene rings is 1. The molecule has 1 aromatic carbocycles. The number of amides is 1. The second-order valence-corrected chi connectivity index (χ2v) is 5.25. The molecule has 1 aromatic heterocycles. The summed E-state index contributed by atoms with van der Waals surface area (Å²) in [5.74, 6) is -0.170. The number of rotatable bonds is 4. The van der Waals surface area contributed by atoms with Crippen LogP contribution in [0.1, 0.15) is 37.4 Å². The highest BCUT2D eigenvalue weighted by atomic mass is 16.1. The van der Waals surface area contributed by atoms with Gasteiger partial charge in [-0.3, -0.25) is 4.79 Å². The summed E-state index contributed by atoms with van der Waals surface area (Å²) in [6, 6.07) is 9.84. The summed E-state index contributed by atoms with van der Waals surface area (Å²) in [6.45, 7) is 0. The molecular weight excluding hydrogens is 264 g/mol. The molecule has 0 atom stereocenters. The van der Waals surface area contributed by atoms with Gasteiger partial charge in [0.05, 0.1) is 12.2 Å². The van der Waals surface area contributed by atoms with Gasteiger partial charge in [-0.25, -0.2) is 4.68 Å². The molecule has 0 unspecified atom stereocenters. The van der Waals surface area contributed by atoms with Gasteiger partial charge < -0.3 is 5.32 Å². The van der Waals surface area contributed by atoms with Gasteiger partial charge in [-0.1, -0.05) is 36.3 Å². The predicted molar refractivity (Wildman–Crippen MR) is 81.6 cm³/mol. The average Bonchev–Trinajstić information content (AvgIpc) is 3.17. The number of anilines is 1. The lowest BCUT2D eigenvalue weighted by atomic mass is 10.2. The minimum atomic E-state index is -0.170. The maximum atomic E-state index is 11.8. The van der Waals surface area contributed by atoms with E-state index in [1.54, 1.807) is 6.08 Å². The maximum Gasteiger partial charge on any atom is 0.248 e. The van der Waals surface area contributed by atoms with E-state index in [1.165, 1.54) is 31.8 Å². The van der Waals surface area contributed by atoms with E-state index < -0.39 is 0 Å². The van der Waals surface area contributed by atoms with Crippen LogP contribution in [-0.4, -0.2) is 20.9 Å². The van der Waals surface area contributed by atoms with Gasteiger partial charge in [-0.05, 0) is 31.1 Å². The fourth-order valence-electron chi connectivity index (χ4n) is 2.58. The summed E-state index contributed by atoms with van der Waals surface area (Å²) in [4.78, 5) is 11.8. The molecule has 1 aliphatic carbocycles. The fourth-order valence-corrected chi connectivity index (χ4v) is 2.58. The van der Waals surface area contributed by atoms with Gasteiger partial charge in [0.1, 0.15) is 5.69 Å². The Balaban J connectivity index is 1.59. The van der Waals surface area contributed by atoms with Crippen molar-refractivity contribution in [2.45, 2.75) is 31.7 Å². The zero-order valence-electron chi connectivity index (χ0n) is 11.8. The second kappa shape index (κ2) is 6.35. The van der Waals surface area contributed by atoms with E-state index in [9.17, 15) is 4.79 Å². The molecule has 5 nitrogen and oxygen atoms in total. The molecule has 0 aliphatic heterocycles. The van der Waals surface area contributed by atoms with Crippen molar-refractivity contribution in [3.8, 4) is 0 Å². The number of hydrogen-bond donors (Lipinski definition) is 1. The van der Waals surface area contributed by atoms with Crippen molar-refractivity contribution in [1.82, 2.24) is 15.0 Å². The van der Waals surface area contributed by atoms with Gasteiger partial charge in [0.2, 0.25) is 5.91 Å². The molecular formula is C16H18N4O. The van der Waals surface area contributed by atoms with Crippen molar-refractivity contribution < 1.29 is 4.79 Å². The van der Waals surface area contributed by atoms with Gasteiger partial charge in [0.25, 0.3) is 0 Å². The number of para-hydroxylation sites is 1. The molecule has 108 valence electrons. The molecule has 0 radical (unpaired) electrons. The highest BCUT2D eigenvalue weighted by molar-refractivity contribution is 6.01. The standard InChI is InChI=1S/C16H18N4O/c21-16(17-13-6-2-1-3-7-13)11-10-14-12-20(19-18-14)15-8-4-5-9-15/h1-3,6-7,10-12,15H,4-5,8-9H2,(H,17,21)/b11-10-. The van der Waals surface area contributed by atoms with Crippen LogP contribution < -0.4 is 5.32 Å². The van der Waals surface area contributed by atoms with Crippen LogP contribution in [0, 0.1) is 0 Å². The first-order valence-corrected chi connectivity index (χ1v) is 7.27. The molecule has 0 saturated heterocycles. The van der Waals surface area contributed by atoms with E-state index in [-0.39, 0.29) is 5.91 Å². The summed E-state index contributed by atoms with van der Waals surface area (Å²) in [6.07, 6.45) is 9.93. The number of nitrogens with one attached hydrogen (secondary N) is 1. The molecule has 1 amide bonds. The van der Waals surface area contributed by atoms with Crippen molar-refractivity contribution in [2.24, 2.45) is 0 Å². The Morgan fingerprint density at radius 3 is 2.76 bits per heavy atom. The van der Waals surface area contributed by atoms with E-state index in [4.69, 9.17) is 0 Å². The van der Waals surface area contributed by atoms with Crippen LogP contribution in [0.2, 0.25) is 0 Å². The molecule has 5 heteroatoms. The molecule has 1 saturated carbocycles. The van der Waals surface area contributed by atoms with Gasteiger partial charge >= 0.3 is 0 Å². The summed E-state index contributed by atoms with van der Waals surface area (Å²) in [5.41, 5.74) is 1.49. The van der Waals surface area contributed by atoms with Gasteiger partial charge in [-0.15, -0.1) is 5.10 Å². The average molecular weight is 282 g/mol. The molecule has 1 N–H and O–H groups in total. The highest BCUT2D eigenvalue weighted by Crippen LogP contribution is 2.28. The highest BCUT2D eigenvalue weighted by Gasteiger charge is 2.17. The number of carbonyl (C=O) groups is 1. The van der Waals surface area contributed by atoms with E-state index in [0.717, 1.165) is 5.69 Å². The second-order valence-electron chi connectivity index (χ2n) is 5.25. The molecule has 1 aliphatic rings. The first-order chi connectivity index (χ1) is 10.3. The van der Waals surface area contributed by atoms with Gasteiger partial charge in [-0.2, -0.15) is 0 Å². The van der Waals surface area contributed by atoms with Crippen molar-refractivity contribution in [3.05, 3.63) is 48.3 Å².